The molecule has 1 aromatic carbocycles. The van der Waals surface area contributed by atoms with Crippen LogP contribution in [0.2, 0.25) is 0 Å². The lowest BCUT2D eigenvalue weighted by Gasteiger charge is -2.26. The van der Waals surface area contributed by atoms with Crippen molar-refractivity contribution in [3.8, 4) is 10.4 Å². The van der Waals surface area contributed by atoms with Gasteiger partial charge >= 0.3 is 12.1 Å². The van der Waals surface area contributed by atoms with Crippen LogP contribution >= 0.6 is 11.3 Å². The Kier molecular flexibility index (Phi) is 9.06. The topological polar surface area (TPSA) is 165 Å². The van der Waals surface area contributed by atoms with Gasteiger partial charge in [0.05, 0.1) is 27.0 Å². The van der Waals surface area contributed by atoms with Crippen molar-refractivity contribution in [3.05, 3.63) is 59.5 Å². The van der Waals surface area contributed by atoms with Crippen LogP contribution in [0.15, 0.2) is 53.7 Å². The summed E-state index contributed by atoms with van der Waals surface area (Å²) in [5, 5.41) is 6.34. The molecule has 4 rings (SSSR count). The number of thiazole rings is 1. The number of nitrogens with zero attached hydrogens (tertiary/aromatic N) is 2. The minimum absolute atomic E-state index is 0.0405. The zero-order valence-electron chi connectivity index (χ0n) is 22.6. The van der Waals surface area contributed by atoms with Crippen LogP contribution in [0.4, 0.5) is 15.3 Å². The second-order valence-corrected chi connectivity index (χ2v) is 13.4. The highest BCUT2D eigenvalue weighted by atomic mass is 32.2. The summed E-state index contributed by atoms with van der Waals surface area (Å²) in [6.07, 6.45) is 5.35. The van der Waals surface area contributed by atoms with Crippen molar-refractivity contribution in [2.24, 2.45) is 5.73 Å². The molecule has 2 aromatic heterocycles. The van der Waals surface area contributed by atoms with E-state index in [1.807, 2.05) is 6.07 Å². The molecule has 13 heteroatoms. The van der Waals surface area contributed by atoms with E-state index >= 15 is 0 Å². The van der Waals surface area contributed by atoms with Gasteiger partial charge in [-0.25, -0.2) is 27.7 Å². The maximum Gasteiger partial charge on any atom is 0.404 e. The second kappa shape index (κ2) is 12.3. The third-order valence-electron chi connectivity index (χ3n) is 6.22. The SMILES string of the molecule is CC(C)(C)NS(=O)(=O)c1cc(NC(=O)NCc2ccccn2)ccc1-c1cnc(C2CCC(OC(N)=O)CC2)s1. The van der Waals surface area contributed by atoms with E-state index in [4.69, 9.17) is 10.5 Å². The molecule has 3 amide bonds. The van der Waals surface area contributed by atoms with Crippen LogP contribution in [0.5, 0.6) is 0 Å². The van der Waals surface area contributed by atoms with Gasteiger partial charge < -0.3 is 21.1 Å². The molecule has 1 aliphatic carbocycles. The number of carbonyl (C=O) groups excluding carboxylic acids is 2. The molecule has 0 atom stereocenters. The van der Waals surface area contributed by atoms with Crippen LogP contribution in [-0.4, -0.2) is 42.2 Å². The second-order valence-electron chi connectivity index (χ2n) is 10.7. The van der Waals surface area contributed by atoms with E-state index in [1.165, 1.54) is 17.4 Å². The lowest BCUT2D eigenvalue weighted by Crippen LogP contribution is -2.40. The molecule has 1 saturated carbocycles. The Labute approximate surface area is 238 Å². The van der Waals surface area contributed by atoms with Crippen molar-refractivity contribution in [2.45, 2.75) is 75.5 Å². The number of anilines is 1. The van der Waals surface area contributed by atoms with E-state index in [1.54, 1.807) is 57.4 Å². The van der Waals surface area contributed by atoms with Crippen LogP contribution < -0.4 is 21.1 Å². The van der Waals surface area contributed by atoms with Crippen LogP contribution in [0.25, 0.3) is 10.4 Å². The Morgan fingerprint density at radius 1 is 1.10 bits per heavy atom. The number of urea groups is 1. The summed E-state index contributed by atoms with van der Waals surface area (Å²) in [6.45, 7) is 5.52. The smallest absolute Gasteiger partial charge is 0.404 e. The molecule has 0 unspecified atom stereocenters. The lowest BCUT2D eigenvalue weighted by atomic mass is 9.88. The normalized spacial score (nSPS) is 17.7. The van der Waals surface area contributed by atoms with Gasteiger partial charge in [0.25, 0.3) is 0 Å². The molecule has 40 heavy (non-hydrogen) atoms. The average Bonchev–Trinajstić information content (AvgIpc) is 3.37. The Morgan fingerprint density at radius 3 is 2.50 bits per heavy atom. The van der Waals surface area contributed by atoms with Gasteiger partial charge in [0.1, 0.15) is 6.10 Å². The van der Waals surface area contributed by atoms with E-state index in [0.717, 1.165) is 17.8 Å². The molecule has 11 nitrogen and oxygen atoms in total. The van der Waals surface area contributed by atoms with E-state index in [0.29, 0.717) is 34.7 Å². The lowest BCUT2D eigenvalue weighted by molar-refractivity contribution is 0.0787. The zero-order chi connectivity index (χ0) is 28.9. The third-order valence-corrected chi connectivity index (χ3v) is 9.21. The predicted octanol–water partition coefficient (Wildman–Crippen LogP) is 4.73. The van der Waals surface area contributed by atoms with Crippen molar-refractivity contribution in [3.63, 3.8) is 0 Å². The van der Waals surface area contributed by atoms with E-state index < -0.39 is 27.7 Å². The number of aromatic nitrogens is 2. The van der Waals surface area contributed by atoms with E-state index in [-0.39, 0.29) is 23.5 Å². The number of hydrogen-bond donors (Lipinski definition) is 4. The number of ether oxygens (including phenoxy) is 1. The Balaban J connectivity index is 1.56. The van der Waals surface area contributed by atoms with Crippen molar-refractivity contribution in [1.82, 2.24) is 20.0 Å². The van der Waals surface area contributed by atoms with Gasteiger partial charge in [-0.3, -0.25) is 4.98 Å². The van der Waals surface area contributed by atoms with Gasteiger partial charge in [-0.2, -0.15) is 0 Å². The minimum atomic E-state index is -3.96. The average molecular weight is 587 g/mol. The first-order valence-electron chi connectivity index (χ1n) is 12.9. The molecular weight excluding hydrogens is 552 g/mol. The number of primary amides is 1. The number of nitrogens with one attached hydrogen (secondary N) is 3. The molecule has 0 aliphatic heterocycles. The monoisotopic (exact) mass is 586 g/mol. The van der Waals surface area contributed by atoms with Gasteiger partial charge in [0.15, 0.2) is 0 Å². The number of rotatable bonds is 8. The summed E-state index contributed by atoms with van der Waals surface area (Å²) in [4.78, 5) is 33.1. The maximum absolute atomic E-state index is 13.5. The molecule has 0 saturated heterocycles. The number of sulfonamides is 1. The maximum atomic E-state index is 13.5. The van der Waals surface area contributed by atoms with E-state index in [2.05, 4.69) is 25.3 Å². The molecule has 214 valence electrons. The Hall–Kier alpha value is -3.55. The number of benzene rings is 1. The number of nitrogens with two attached hydrogens (primary N) is 1. The van der Waals surface area contributed by atoms with Crippen LogP contribution in [0.3, 0.4) is 0 Å². The van der Waals surface area contributed by atoms with E-state index in [9.17, 15) is 18.0 Å². The molecule has 1 fully saturated rings. The molecule has 5 N–H and O–H groups in total. The molecule has 3 aromatic rings. The highest BCUT2D eigenvalue weighted by Gasteiger charge is 2.29. The van der Waals surface area contributed by atoms with Gasteiger partial charge in [-0.05, 0) is 70.7 Å². The largest absolute Gasteiger partial charge is 0.446 e. The van der Waals surface area contributed by atoms with Crippen LogP contribution in [-0.2, 0) is 21.3 Å². The summed E-state index contributed by atoms with van der Waals surface area (Å²) in [5.41, 5.74) is 5.94. The fourth-order valence-corrected chi connectivity index (χ4v) is 7.38. The molecule has 1 aliphatic rings. The number of amides is 3. The number of hydrogen-bond acceptors (Lipinski definition) is 8. The Morgan fingerprint density at radius 2 is 1.85 bits per heavy atom. The first-order chi connectivity index (χ1) is 18.9. The van der Waals surface area contributed by atoms with Gasteiger partial charge in [0.2, 0.25) is 10.0 Å². The molecule has 2 heterocycles. The van der Waals surface area contributed by atoms with Gasteiger partial charge in [-0.1, -0.05) is 12.1 Å². The zero-order valence-corrected chi connectivity index (χ0v) is 24.3. The Bertz CT molecular complexity index is 1450. The highest BCUT2D eigenvalue weighted by Crippen LogP contribution is 2.40. The van der Waals surface area contributed by atoms with Gasteiger partial charge in [-0.15, -0.1) is 11.3 Å². The van der Waals surface area contributed by atoms with Crippen molar-refractivity contribution < 1.29 is 22.7 Å². The van der Waals surface area contributed by atoms with Crippen molar-refractivity contribution >= 4 is 39.2 Å². The molecule has 0 spiro atoms. The summed E-state index contributed by atoms with van der Waals surface area (Å²) in [6, 6.07) is 9.72. The fourth-order valence-electron chi connectivity index (χ4n) is 4.53. The minimum Gasteiger partial charge on any atom is -0.446 e. The number of pyridine rings is 1. The van der Waals surface area contributed by atoms with Crippen molar-refractivity contribution in [1.29, 1.82) is 0 Å². The first-order valence-corrected chi connectivity index (χ1v) is 15.2. The first kappa shape index (κ1) is 29.4. The molecular formula is C27H34N6O5S2. The summed E-state index contributed by atoms with van der Waals surface area (Å²) in [5.74, 6) is 0.183. The molecule has 0 radical (unpaired) electrons. The third kappa shape index (κ3) is 7.99. The predicted molar refractivity (Wildman–Crippen MR) is 153 cm³/mol. The standard InChI is InChI=1S/C27H34N6O5S2/c1-27(2,3)33-40(36,37)23-14-18(32-26(35)31-15-19-6-4-5-13-29-19)9-12-21(23)22-16-30-24(39-22)17-7-10-20(11-8-17)38-25(28)34/h4-6,9,12-14,16-17,20,33H,7-8,10-11,15H2,1-3H3,(H2,28,34)(H2,31,32,35). The summed E-state index contributed by atoms with van der Waals surface area (Å²) < 4.78 is 34.9. The molecule has 0 bridgehead atoms. The van der Waals surface area contributed by atoms with Crippen LogP contribution in [0, 0.1) is 0 Å². The summed E-state index contributed by atoms with van der Waals surface area (Å²) >= 11 is 1.44. The van der Waals surface area contributed by atoms with Crippen molar-refractivity contribution in [2.75, 3.05) is 5.32 Å². The quantitative estimate of drug-likeness (QED) is 0.296. The highest BCUT2D eigenvalue weighted by molar-refractivity contribution is 7.89. The summed E-state index contributed by atoms with van der Waals surface area (Å²) in [7, 11) is -3.96. The fraction of sp³-hybridized carbons (Fsp3) is 0.407. The van der Waals surface area contributed by atoms with Gasteiger partial charge in [0, 0.05) is 35.1 Å². The number of carbonyl (C=O) groups is 2. The van der Waals surface area contributed by atoms with Crippen LogP contribution in [0.1, 0.15) is 63.1 Å².